The number of esters is 1. The fraction of sp³-hybridized carbons (Fsp3) is 0.286. The molecule has 0 aliphatic carbocycles. The third kappa shape index (κ3) is 6.77. The minimum absolute atomic E-state index is 0.156. The van der Waals surface area contributed by atoms with Gasteiger partial charge in [0.05, 0.1) is 6.61 Å². The van der Waals surface area contributed by atoms with Gasteiger partial charge < -0.3 is 4.74 Å². The van der Waals surface area contributed by atoms with Crippen molar-refractivity contribution in [1.82, 2.24) is 0 Å². The summed E-state index contributed by atoms with van der Waals surface area (Å²) in [6.45, 7) is 5.31. The summed E-state index contributed by atoms with van der Waals surface area (Å²) in [6, 6.07) is 8.53. The zero-order valence-electron chi connectivity index (χ0n) is 12.1. The van der Waals surface area contributed by atoms with Crippen LogP contribution in [0.1, 0.15) is 12.5 Å². The molecule has 0 atom stereocenters. The van der Waals surface area contributed by atoms with Crippen molar-refractivity contribution in [2.45, 2.75) is 12.7 Å². The molecule has 22 heavy (non-hydrogen) atoms. The molecule has 0 unspecified atom stereocenters. The molecule has 0 aromatic heterocycles. The first-order valence-electron chi connectivity index (χ1n) is 6.42. The highest BCUT2D eigenvalue weighted by Crippen LogP contribution is 2.11. The molecule has 0 fully saturated rings. The molecular formula is C14H17NO5S2. The lowest BCUT2D eigenvalue weighted by atomic mass is 10.2. The molecule has 0 N–H and O–H groups in total. The molecule has 1 aromatic carbocycles. The number of rotatable bonds is 7. The van der Waals surface area contributed by atoms with Crippen LogP contribution in [-0.2, 0) is 29.7 Å². The van der Waals surface area contributed by atoms with E-state index in [1.165, 1.54) is 0 Å². The standard InChI is InChI=1S/C14H17NO5S2/c1-3-10-21-13(14(16)19-4-2)15-20-22(17,18)11-12-8-6-5-7-9-12/h3,5-9H,1,4,10-11H2,2H3/b15-13-. The number of oxime groups is 1. The molecule has 0 saturated carbocycles. The molecule has 0 radical (unpaired) electrons. The van der Waals surface area contributed by atoms with E-state index in [9.17, 15) is 13.2 Å². The fourth-order valence-electron chi connectivity index (χ4n) is 1.35. The van der Waals surface area contributed by atoms with E-state index in [0.29, 0.717) is 11.3 Å². The van der Waals surface area contributed by atoms with Crippen LogP contribution in [-0.4, -0.2) is 31.8 Å². The summed E-state index contributed by atoms with van der Waals surface area (Å²) < 4.78 is 33.0. The number of hydrogen-bond acceptors (Lipinski definition) is 7. The molecule has 6 nitrogen and oxygen atoms in total. The van der Waals surface area contributed by atoms with E-state index in [-0.39, 0.29) is 17.4 Å². The SMILES string of the molecule is C=CCS/C(=N\OS(=O)(=O)Cc1ccccc1)C(=O)OCC. The van der Waals surface area contributed by atoms with Gasteiger partial charge in [-0.25, -0.2) is 4.79 Å². The molecule has 0 heterocycles. The average molecular weight is 343 g/mol. The van der Waals surface area contributed by atoms with Crippen LogP contribution < -0.4 is 0 Å². The summed E-state index contributed by atoms with van der Waals surface area (Å²) >= 11 is 0.985. The largest absolute Gasteiger partial charge is 0.461 e. The summed E-state index contributed by atoms with van der Waals surface area (Å²) in [4.78, 5) is 11.6. The van der Waals surface area contributed by atoms with Gasteiger partial charge in [0.25, 0.3) is 0 Å². The number of carbonyl (C=O) groups excluding carboxylic acids is 1. The smallest absolute Gasteiger partial charge is 0.367 e. The van der Waals surface area contributed by atoms with Crippen LogP contribution in [0.4, 0.5) is 0 Å². The molecule has 0 bridgehead atoms. The number of carbonyl (C=O) groups is 1. The van der Waals surface area contributed by atoms with Crippen LogP contribution >= 0.6 is 11.8 Å². The van der Waals surface area contributed by atoms with E-state index in [1.54, 1.807) is 43.3 Å². The number of nitrogens with zero attached hydrogens (tertiary/aromatic N) is 1. The maximum Gasteiger partial charge on any atom is 0.367 e. The van der Waals surface area contributed by atoms with E-state index in [0.717, 1.165) is 11.8 Å². The zero-order chi connectivity index (χ0) is 16.4. The number of benzene rings is 1. The van der Waals surface area contributed by atoms with Crippen LogP contribution in [0, 0.1) is 0 Å². The summed E-state index contributed by atoms with van der Waals surface area (Å²) in [5, 5.41) is 3.25. The summed E-state index contributed by atoms with van der Waals surface area (Å²) in [5.41, 5.74) is 0.564. The Morgan fingerprint density at radius 1 is 1.36 bits per heavy atom. The van der Waals surface area contributed by atoms with Crippen LogP contribution in [0.3, 0.4) is 0 Å². The fourth-order valence-corrected chi connectivity index (χ4v) is 2.78. The Bertz CT molecular complexity index is 626. The first-order valence-corrected chi connectivity index (χ1v) is 8.99. The molecule has 0 amide bonds. The van der Waals surface area contributed by atoms with E-state index in [4.69, 9.17) is 4.74 Å². The Morgan fingerprint density at radius 3 is 2.64 bits per heavy atom. The summed E-state index contributed by atoms with van der Waals surface area (Å²) in [7, 11) is -3.94. The third-order valence-electron chi connectivity index (χ3n) is 2.21. The Hall–Kier alpha value is -1.80. The number of thioether (sulfide) groups is 1. The van der Waals surface area contributed by atoms with Gasteiger partial charge in [0.15, 0.2) is 0 Å². The lowest BCUT2D eigenvalue weighted by molar-refractivity contribution is -0.134. The normalized spacial score (nSPS) is 11.8. The molecule has 8 heteroatoms. The number of hydrogen-bond donors (Lipinski definition) is 0. The highest BCUT2D eigenvalue weighted by atomic mass is 32.2. The lowest BCUT2D eigenvalue weighted by Crippen LogP contribution is -2.16. The van der Waals surface area contributed by atoms with Crippen LogP contribution in [0.25, 0.3) is 0 Å². The highest BCUT2D eigenvalue weighted by molar-refractivity contribution is 8.15. The van der Waals surface area contributed by atoms with Gasteiger partial charge in [-0.05, 0) is 12.5 Å². The van der Waals surface area contributed by atoms with Gasteiger partial charge in [-0.15, -0.1) is 6.58 Å². The third-order valence-corrected chi connectivity index (χ3v) is 4.11. The molecule has 0 spiro atoms. The highest BCUT2D eigenvalue weighted by Gasteiger charge is 2.18. The predicted octanol–water partition coefficient (Wildman–Crippen LogP) is 2.33. The van der Waals surface area contributed by atoms with Crippen LogP contribution in [0.15, 0.2) is 48.1 Å². The molecule has 1 aromatic rings. The van der Waals surface area contributed by atoms with E-state index >= 15 is 0 Å². The Morgan fingerprint density at radius 2 is 2.05 bits per heavy atom. The molecular weight excluding hydrogens is 326 g/mol. The molecule has 0 aliphatic rings. The van der Waals surface area contributed by atoms with Crippen LogP contribution in [0.5, 0.6) is 0 Å². The Balaban J connectivity index is 2.78. The molecule has 0 aliphatic heterocycles. The Kier molecular flexibility index (Phi) is 7.69. The second kappa shape index (κ2) is 9.26. The average Bonchev–Trinajstić information content (AvgIpc) is 2.48. The predicted molar refractivity (Wildman–Crippen MR) is 86.9 cm³/mol. The minimum atomic E-state index is -3.94. The van der Waals surface area contributed by atoms with Crippen molar-refractivity contribution in [1.29, 1.82) is 0 Å². The molecule has 0 saturated heterocycles. The first-order chi connectivity index (χ1) is 10.5. The monoisotopic (exact) mass is 343 g/mol. The Labute approximate surface area is 134 Å². The van der Waals surface area contributed by atoms with Gasteiger partial charge in [-0.1, -0.05) is 53.3 Å². The van der Waals surface area contributed by atoms with E-state index in [2.05, 4.69) is 16.0 Å². The second-order valence-corrected chi connectivity index (χ2v) is 6.54. The lowest BCUT2D eigenvalue weighted by Gasteiger charge is -2.05. The van der Waals surface area contributed by atoms with Gasteiger partial charge in [0, 0.05) is 5.75 Å². The summed E-state index contributed by atoms with van der Waals surface area (Å²) in [6.07, 6.45) is 1.55. The van der Waals surface area contributed by atoms with Crippen molar-refractivity contribution in [2.24, 2.45) is 5.16 Å². The van der Waals surface area contributed by atoms with Gasteiger partial charge >= 0.3 is 16.1 Å². The van der Waals surface area contributed by atoms with Crippen molar-refractivity contribution in [3.63, 3.8) is 0 Å². The van der Waals surface area contributed by atoms with Crippen molar-refractivity contribution >= 4 is 32.9 Å². The van der Waals surface area contributed by atoms with Gasteiger partial charge in [0.1, 0.15) is 5.75 Å². The topological polar surface area (TPSA) is 82.0 Å². The van der Waals surface area contributed by atoms with E-state index in [1.807, 2.05) is 0 Å². The zero-order valence-corrected chi connectivity index (χ0v) is 13.7. The second-order valence-electron chi connectivity index (χ2n) is 3.98. The maximum atomic E-state index is 11.8. The van der Waals surface area contributed by atoms with Crippen molar-refractivity contribution in [2.75, 3.05) is 12.4 Å². The quantitative estimate of drug-likeness (QED) is 0.248. The van der Waals surface area contributed by atoms with Crippen molar-refractivity contribution in [3.8, 4) is 0 Å². The summed E-state index contributed by atoms with van der Waals surface area (Å²) in [5.74, 6) is -0.691. The van der Waals surface area contributed by atoms with Crippen molar-refractivity contribution < 1.29 is 22.2 Å². The van der Waals surface area contributed by atoms with E-state index < -0.39 is 16.1 Å². The molecule has 1 rings (SSSR count). The van der Waals surface area contributed by atoms with Gasteiger partial charge in [-0.2, -0.15) is 8.42 Å². The van der Waals surface area contributed by atoms with Gasteiger partial charge in [-0.3, -0.25) is 4.28 Å². The minimum Gasteiger partial charge on any atom is -0.461 e. The van der Waals surface area contributed by atoms with Crippen LogP contribution in [0.2, 0.25) is 0 Å². The number of ether oxygens (including phenoxy) is 1. The van der Waals surface area contributed by atoms with Crippen molar-refractivity contribution in [3.05, 3.63) is 48.6 Å². The first kappa shape index (κ1) is 18.2. The van der Waals surface area contributed by atoms with Gasteiger partial charge in [0.2, 0.25) is 5.04 Å². The maximum absolute atomic E-state index is 11.8. The molecule has 120 valence electrons.